The summed E-state index contributed by atoms with van der Waals surface area (Å²) in [5.41, 5.74) is 1.93. The number of carbonyl (C=O) groups excluding carboxylic acids is 3. The second kappa shape index (κ2) is 8.60. The van der Waals surface area contributed by atoms with E-state index in [2.05, 4.69) is 16.0 Å². The lowest BCUT2D eigenvalue weighted by molar-refractivity contribution is -0.120. The molecule has 1 aliphatic carbocycles. The molecule has 174 valence electrons. The van der Waals surface area contributed by atoms with Crippen LogP contribution in [0.5, 0.6) is 0 Å². The first-order chi connectivity index (χ1) is 15.2. The zero-order valence-electron chi connectivity index (χ0n) is 19.0. The Morgan fingerprint density at radius 3 is 2.59 bits per heavy atom. The van der Waals surface area contributed by atoms with Gasteiger partial charge < -0.3 is 25.8 Å². The van der Waals surface area contributed by atoms with E-state index < -0.39 is 0 Å². The van der Waals surface area contributed by atoms with Gasteiger partial charge in [-0.1, -0.05) is 6.07 Å². The molecule has 0 bridgehead atoms. The topological polar surface area (TPSA) is 93.8 Å². The first-order valence-corrected chi connectivity index (χ1v) is 11.3. The molecule has 3 aliphatic rings. The molecule has 0 radical (unpaired) electrons. The van der Waals surface area contributed by atoms with Crippen LogP contribution in [0.15, 0.2) is 12.1 Å². The van der Waals surface area contributed by atoms with Crippen LogP contribution in [-0.2, 0) is 11.3 Å². The minimum atomic E-state index is -0.375. The smallest absolute Gasteiger partial charge is 0.318 e. The molecule has 0 aromatic heterocycles. The SMILES string of the molecule is CNC(=O)N1CC(N(C(=O)NCc2cc(C)c(C)cc2F)C2CC2)CC2(CNC(=O)C2)C1. The van der Waals surface area contributed by atoms with E-state index in [1.165, 1.54) is 6.07 Å². The van der Waals surface area contributed by atoms with E-state index in [-0.39, 0.29) is 47.8 Å². The molecule has 3 N–H and O–H groups in total. The van der Waals surface area contributed by atoms with Gasteiger partial charge in [0.1, 0.15) is 5.82 Å². The van der Waals surface area contributed by atoms with Gasteiger partial charge in [-0.15, -0.1) is 0 Å². The number of aryl methyl sites for hydroxylation is 2. The molecule has 5 amide bonds. The first kappa shape index (κ1) is 22.4. The molecule has 3 fully saturated rings. The van der Waals surface area contributed by atoms with Crippen LogP contribution in [0.1, 0.15) is 42.4 Å². The van der Waals surface area contributed by atoms with Gasteiger partial charge in [-0.25, -0.2) is 14.0 Å². The van der Waals surface area contributed by atoms with E-state index in [0.29, 0.717) is 38.0 Å². The average molecular weight is 446 g/mol. The van der Waals surface area contributed by atoms with Gasteiger partial charge in [-0.05, 0) is 50.3 Å². The number of hydrogen-bond donors (Lipinski definition) is 3. The number of nitrogens with zero attached hydrogens (tertiary/aromatic N) is 2. The predicted molar refractivity (Wildman–Crippen MR) is 117 cm³/mol. The summed E-state index contributed by atoms with van der Waals surface area (Å²) in [6.07, 6.45) is 2.82. The number of halogens is 1. The number of rotatable bonds is 4. The number of carbonyl (C=O) groups is 3. The van der Waals surface area contributed by atoms with Crippen molar-refractivity contribution in [1.82, 2.24) is 25.8 Å². The summed E-state index contributed by atoms with van der Waals surface area (Å²) < 4.78 is 14.4. The summed E-state index contributed by atoms with van der Waals surface area (Å²) in [7, 11) is 1.58. The van der Waals surface area contributed by atoms with Crippen molar-refractivity contribution in [3.05, 3.63) is 34.6 Å². The monoisotopic (exact) mass is 445 g/mol. The summed E-state index contributed by atoms with van der Waals surface area (Å²) in [4.78, 5) is 41.3. The molecule has 1 aromatic rings. The minimum Gasteiger partial charge on any atom is -0.355 e. The second-order valence-corrected chi connectivity index (χ2v) is 9.57. The standard InChI is InChI=1S/C23H32FN5O3/c1-14-6-16(19(24)7-15(14)2)10-26-22(32)29(17-4-5-17)18-8-23(9-20(30)27-12-23)13-28(11-18)21(31)25-3/h6-7,17-18H,4-5,8-13H2,1-3H3,(H,25,31)(H,26,32)(H,27,30). The van der Waals surface area contributed by atoms with Crippen LogP contribution < -0.4 is 16.0 Å². The molecule has 1 spiro atoms. The van der Waals surface area contributed by atoms with Crippen LogP contribution in [0.4, 0.5) is 14.0 Å². The Bertz CT molecular complexity index is 934. The molecule has 2 unspecified atom stereocenters. The van der Waals surface area contributed by atoms with Gasteiger partial charge in [0.15, 0.2) is 0 Å². The summed E-state index contributed by atoms with van der Waals surface area (Å²) >= 11 is 0. The Morgan fingerprint density at radius 1 is 1.25 bits per heavy atom. The zero-order valence-corrected chi connectivity index (χ0v) is 19.0. The van der Waals surface area contributed by atoms with Gasteiger partial charge in [-0.2, -0.15) is 0 Å². The number of hydrogen-bond acceptors (Lipinski definition) is 3. The molecular weight excluding hydrogens is 413 g/mol. The zero-order chi connectivity index (χ0) is 23.0. The Kier molecular flexibility index (Phi) is 6.01. The Labute approximate surface area is 187 Å². The molecular formula is C23H32FN5O3. The van der Waals surface area contributed by atoms with Crippen molar-refractivity contribution in [2.75, 3.05) is 26.7 Å². The van der Waals surface area contributed by atoms with Gasteiger partial charge in [0.2, 0.25) is 5.91 Å². The summed E-state index contributed by atoms with van der Waals surface area (Å²) in [5, 5.41) is 8.46. The molecule has 1 aromatic carbocycles. The largest absolute Gasteiger partial charge is 0.355 e. The van der Waals surface area contributed by atoms with E-state index in [4.69, 9.17) is 0 Å². The van der Waals surface area contributed by atoms with Gasteiger partial charge >= 0.3 is 12.1 Å². The number of nitrogens with one attached hydrogen (secondary N) is 3. The fourth-order valence-electron chi connectivity index (χ4n) is 5.08. The van der Waals surface area contributed by atoms with Crippen molar-refractivity contribution in [3.63, 3.8) is 0 Å². The average Bonchev–Trinajstić information content (AvgIpc) is 3.52. The third kappa shape index (κ3) is 4.52. The maximum Gasteiger partial charge on any atom is 0.318 e. The number of urea groups is 2. The molecule has 2 atom stereocenters. The van der Waals surface area contributed by atoms with Crippen molar-refractivity contribution in [3.8, 4) is 0 Å². The molecule has 2 aliphatic heterocycles. The minimum absolute atomic E-state index is 0.0184. The second-order valence-electron chi connectivity index (χ2n) is 9.57. The van der Waals surface area contributed by atoms with E-state index in [1.807, 2.05) is 18.7 Å². The Morgan fingerprint density at radius 2 is 1.97 bits per heavy atom. The molecule has 4 rings (SSSR count). The number of benzene rings is 1. The van der Waals surface area contributed by atoms with Crippen molar-refractivity contribution < 1.29 is 18.8 Å². The van der Waals surface area contributed by atoms with Gasteiger partial charge in [0, 0.05) is 56.7 Å². The van der Waals surface area contributed by atoms with Crippen LogP contribution in [-0.4, -0.2) is 66.5 Å². The van der Waals surface area contributed by atoms with E-state index >= 15 is 0 Å². The fraction of sp³-hybridized carbons (Fsp3) is 0.609. The third-order valence-corrected chi connectivity index (χ3v) is 6.98. The molecule has 32 heavy (non-hydrogen) atoms. The molecule has 8 nitrogen and oxygen atoms in total. The normalized spacial score (nSPS) is 24.9. The van der Waals surface area contributed by atoms with Crippen LogP contribution in [0, 0.1) is 25.1 Å². The highest BCUT2D eigenvalue weighted by Gasteiger charge is 2.50. The van der Waals surface area contributed by atoms with Gasteiger partial charge in [0.25, 0.3) is 0 Å². The number of piperidine rings is 1. The Hall–Kier alpha value is -2.84. The highest BCUT2D eigenvalue weighted by molar-refractivity contribution is 5.80. The summed E-state index contributed by atoms with van der Waals surface area (Å²) in [6, 6.07) is 2.71. The predicted octanol–water partition coefficient (Wildman–Crippen LogP) is 2.04. The summed E-state index contributed by atoms with van der Waals surface area (Å²) in [5.74, 6) is -0.348. The van der Waals surface area contributed by atoms with E-state index in [1.54, 1.807) is 18.0 Å². The lowest BCUT2D eigenvalue weighted by Gasteiger charge is -2.47. The van der Waals surface area contributed by atoms with Gasteiger partial charge in [0.05, 0.1) is 6.04 Å². The van der Waals surface area contributed by atoms with Crippen molar-refractivity contribution in [1.29, 1.82) is 0 Å². The molecule has 2 heterocycles. The maximum absolute atomic E-state index is 14.4. The highest BCUT2D eigenvalue weighted by atomic mass is 19.1. The number of likely N-dealkylation sites (tertiary alicyclic amines) is 1. The first-order valence-electron chi connectivity index (χ1n) is 11.3. The van der Waals surface area contributed by atoms with Crippen molar-refractivity contribution in [2.45, 2.75) is 58.2 Å². The molecule has 2 saturated heterocycles. The van der Waals surface area contributed by atoms with E-state index in [9.17, 15) is 18.8 Å². The van der Waals surface area contributed by atoms with E-state index in [0.717, 1.165) is 24.0 Å². The van der Waals surface area contributed by atoms with Crippen molar-refractivity contribution in [2.24, 2.45) is 5.41 Å². The Balaban J connectivity index is 1.52. The molecule has 1 saturated carbocycles. The fourth-order valence-corrected chi connectivity index (χ4v) is 5.08. The van der Waals surface area contributed by atoms with Crippen molar-refractivity contribution >= 4 is 18.0 Å². The molecule has 9 heteroatoms. The third-order valence-electron chi connectivity index (χ3n) is 6.98. The van der Waals surface area contributed by atoms with Crippen LogP contribution in [0.3, 0.4) is 0 Å². The van der Waals surface area contributed by atoms with Crippen LogP contribution in [0.25, 0.3) is 0 Å². The summed E-state index contributed by atoms with van der Waals surface area (Å²) in [6.45, 7) is 5.28. The lowest BCUT2D eigenvalue weighted by Crippen LogP contribution is -2.61. The van der Waals surface area contributed by atoms with Crippen LogP contribution >= 0.6 is 0 Å². The highest BCUT2D eigenvalue weighted by Crippen LogP contribution is 2.40. The van der Waals surface area contributed by atoms with Gasteiger partial charge in [-0.3, -0.25) is 4.79 Å². The maximum atomic E-state index is 14.4. The number of amides is 5. The van der Waals surface area contributed by atoms with Crippen LogP contribution in [0.2, 0.25) is 0 Å². The lowest BCUT2D eigenvalue weighted by atomic mass is 9.76. The quantitative estimate of drug-likeness (QED) is 0.662.